The molecule has 0 amide bonds. The molecule has 0 atom stereocenters. The van der Waals surface area contributed by atoms with Crippen molar-refractivity contribution in [1.82, 2.24) is 19.9 Å². The van der Waals surface area contributed by atoms with E-state index in [1.807, 2.05) is 12.3 Å². The van der Waals surface area contributed by atoms with E-state index in [1.165, 1.54) is 32.1 Å². The summed E-state index contributed by atoms with van der Waals surface area (Å²) >= 11 is 0. The topological polar surface area (TPSA) is 108 Å². The monoisotopic (exact) mass is 439 g/mol. The van der Waals surface area contributed by atoms with Crippen LogP contribution in [0.1, 0.15) is 77.6 Å². The van der Waals surface area contributed by atoms with Crippen molar-refractivity contribution in [2.75, 3.05) is 22.5 Å². The van der Waals surface area contributed by atoms with Gasteiger partial charge in [-0.1, -0.05) is 32.6 Å². The van der Waals surface area contributed by atoms with E-state index in [0.29, 0.717) is 12.0 Å². The molecule has 32 heavy (non-hydrogen) atoms. The number of nitrogens with one attached hydrogen (secondary N) is 3. The van der Waals surface area contributed by atoms with Crippen molar-refractivity contribution in [2.45, 2.75) is 95.7 Å². The van der Waals surface area contributed by atoms with Crippen LogP contribution in [0.3, 0.4) is 0 Å². The molecule has 0 aromatic carbocycles. The van der Waals surface area contributed by atoms with E-state index in [2.05, 4.69) is 37.8 Å². The van der Waals surface area contributed by atoms with E-state index in [4.69, 9.17) is 4.98 Å². The van der Waals surface area contributed by atoms with Gasteiger partial charge in [0.2, 0.25) is 5.95 Å². The van der Waals surface area contributed by atoms with Crippen LogP contribution in [0.15, 0.2) is 18.6 Å². The minimum Gasteiger partial charge on any atom is -0.393 e. The molecule has 4 N–H and O–H groups in total. The van der Waals surface area contributed by atoms with Crippen LogP contribution in [0.5, 0.6) is 0 Å². The molecule has 0 spiro atoms. The summed E-state index contributed by atoms with van der Waals surface area (Å²) in [5.74, 6) is 2.29. The van der Waals surface area contributed by atoms with Gasteiger partial charge in [0.05, 0.1) is 17.4 Å². The third kappa shape index (κ3) is 6.28. The van der Waals surface area contributed by atoms with Crippen molar-refractivity contribution < 1.29 is 5.11 Å². The lowest BCUT2D eigenvalue weighted by atomic mass is 9.93. The second-order valence-electron chi connectivity index (χ2n) is 9.15. The molecular weight excluding hydrogens is 402 g/mol. The van der Waals surface area contributed by atoms with Crippen molar-refractivity contribution in [2.24, 2.45) is 0 Å². The molecule has 2 aliphatic carbocycles. The number of rotatable bonds is 9. The van der Waals surface area contributed by atoms with Gasteiger partial charge in [0.1, 0.15) is 18.0 Å². The van der Waals surface area contributed by atoms with Crippen molar-refractivity contribution >= 4 is 17.6 Å². The molecule has 0 aliphatic heterocycles. The third-order valence-corrected chi connectivity index (χ3v) is 6.54. The first-order chi connectivity index (χ1) is 15.7. The van der Waals surface area contributed by atoms with Gasteiger partial charge in [0.25, 0.3) is 0 Å². The maximum absolute atomic E-state index is 9.87. The Labute approximate surface area is 191 Å². The molecule has 174 valence electrons. The number of aliphatic hydroxyl groups is 1. The van der Waals surface area contributed by atoms with Crippen molar-refractivity contribution in [1.29, 1.82) is 0 Å². The normalized spacial score (nSPS) is 21.8. The van der Waals surface area contributed by atoms with Crippen LogP contribution >= 0.6 is 0 Å². The van der Waals surface area contributed by atoms with Gasteiger partial charge in [-0.3, -0.25) is 0 Å². The highest BCUT2D eigenvalue weighted by molar-refractivity contribution is 5.74. The Kier molecular flexibility index (Phi) is 8.09. The minimum absolute atomic E-state index is 0.181. The number of unbranched alkanes of at least 4 members (excludes halogenated alkanes) is 1. The molecule has 8 heteroatoms. The molecule has 2 saturated carbocycles. The van der Waals surface area contributed by atoms with Crippen LogP contribution < -0.4 is 16.0 Å². The number of hydrogen-bond acceptors (Lipinski definition) is 8. The molecule has 2 aromatic heterocycles. The lowest BCUT2D eigenvalue weighted by Gasteiger charge is -2.27. The standard InChI is InChI=1S/C24H37N7O/c1-2-3-13-25-24-26-15-20(23(31-24)30-18-9-11-19(32)12-10-18)21-14-22(28-16-27-21)29-17-7-5-4-6-8-17/h14-19,32H,2-13H2,1H3,(H,27,28,29)(H2,25,26,30,31)/t18-,19-. The first kappa shape index (κ1) is 22.7. The van der Waals surface area contributed by atoms with Crippen LogP contribution in [0.2, 0.25) is 0 Å². The summed E-state index contributed by atoms with van der Waals surface area (Å²) in [5.41, 5.74) is 1.70. The van der Waals surface area contributed by atoms with E-state index in [-0.39, 0.29) is 12.1 Å². The summed E-state index contributed by atoms with van der Waals surface area (Å²) in [6, 6.07) is 2.78. The Morgan fingerprint density at radius 1 is 0.938 bits per heavy atom. The highest BCUT2D eigenvalue weighted by atomic mass is 16.3. The van der Waals surface area contributed by atoms with Crippen LogP contribution in [0, 0.1) is 0 Å². The molecular formula is C24H37N7O. The lowest BCUT2D eigenvalue weighted by molar-refractivity contribution is 0.126. The fourth-order valence-electron chi connectivity index (χ4n) is 4.59. The smallest absolute Gasteiger partial charge is 0.224 e. The van der Waals surface area contributed by atoms with Crippen LogP contribution in [-0.4, -0.2) is 49.8 Å². The van der Waals surface area contributed by atoms with Crippen LogP contribution in [0.25, 0.3) is 11.3 Å². The average Bonchev–Trinajstić information content (AvgIpc) is 2.82. The number of hydrogen-bond donors (Lipinski definition) is 4. The Bertz CT molecular complexity index is 848. The van der Waals surface area contributed by atoms with Gasteiger partial charge in [0, 0.05) is 30.9 Å². The fraction of sp³-hybridized carbons (Fsp3) is 0.667. The van der Waals surface area contributed by atoms with Gasteiger partial charge in [0.15, 0.2) is 0 Å². The van der Waals surface area contributed by atoms with Gasteiger partial charge in [-0.2, -0.15) is 4.98 Å². The summed E-state index contributed by atoms with van der Waals surface area (Å²) in [6.07, 6.45) is 15.3. The van der Waals surface area contributed by atoms with E-state index in [0.717, 1.165) is 68.0 Å². The van der Waals surface area contributed by atoms with Gasteiger partial charge < -0.3 is 21.1 Å². The largest absolute Gasteiger partial charge is 0.393 e. The van der Waals surface area contributed by atoms with Crippen molar-refractivity contribution in [3.05, 3.63) is 18.6 Å². The average molecular weight is 440 g/mol. The van der Waals surface area contributed by atoms with Crippen molar-refractivity contribution in [3.8, 4) is 11.3 Å². The van der Waals surface area contributed by atoms with Gasteiger partial charge in [-0.15, -0.1) is 0 Å². The van der Waals surface area contributed by atoms with Gasteiger partial charge in [-0.25, -0.2) is 15.0 Å². The zero-order valence-electron chi connectivity index (χ0n) is 19.2. The molecule has 2 fully saturated rings. The molecule has 0 bridgehead atoms. The van der Waals surface area contributed by atoms with E-state index in [1.54, 1.807) is 6.33 Å². The zero-order chi connectivity index (χ0) is 22.2. The van der Waals surface area contributed by atoms with Crippen molar-refractivity contribution in [3.63, 3.8) is 0 Å². The molecule has 0 unspecified atom stereocenters. The summed E-state index contributed by atoms with van der Waals surface area (Å²) in [6.45, 7) is 3.03. The van der Waals surface area contributed by atoms with E-state index < -0.39 is 0 Å². The van der Waals surface area contributed by atoms with Crippen LogP contribution in [0.4, 0.5) is 17.6 Å². The minimum atomic E-state index is -0.181. The molecule has 8 nitrogen and oxygen atoms in total. The predicted octanol–water partition coefficient (Wildman–Crippen LogP) is 4.61. The summed E-state index contributed by atoms with van der Waals surface area (Å²) in [7, 11) is 0. The maximum atomic E-state index is 9.87. The third-order valence-electron chi connectivity index (χ3n) is 6.54. The second kappa shape index (κ2) is 11.4. The first-order valence-corrected chi connectivity index (χ1v) is 12.4. The lowest BCUT2D eigenvalue weighted by Crippen LogP contribution is -2.29. The summed E-state index contributed by atoms with van der Waals surface area (Å²) in [5, 5.41) is 20.4. The number of nitrogens with zero attached hydrogens (tertiary/aromatic N) is 4. The zero-order valence-corrected chi connectivity index (χ0v) is 19.2. The molecule has 2 aromatic rings. The Morgan fingerprint density at radius 3 is 2.50 bits per heavy atom. The summed E-state index contributed by atoms with van der Waals surface area (Å²) in [4.78, 5) is 18.4. The molecule has 0 radical (unpaired) electrons. The first-order valence-electron chi connectivity index (χ1n) is 12.4. The number of aliphatic hydroxyl groups excluding tert-OH is 1. The second-order valence-corrected chi connectivity index (χ2v) is 9.15. The number of aromatic nitrogens is 4. The van der Waals surface area contributed by atoms with E-state index >= 15 is 0 Å². The molecule has 0 saturated heterocycles. The molecule has 2 heterocycles. The van der Waals surface area contributed by atoms with Crippen LogP contribution in [-0.2, 0) is 0 Å². The predicted molar refractivity (Wildman–Crippen MR) is 129 cm³/mol. The molecule has 4 rings (SSSR count). The fourth-order valence-corrected chi connectivity index (χ4v) is 4.59. The van der Waals surface area contributed by atoms with Gasteiger partial charge in [-0.05, 0) is 44.9 Å². The van der Waals surface area contributed by atoms with E-state index in [9.17, 15) is 5.11 Å². The molecule has 2 aliphatic rings. The highest BCUT2D eigenvalue weighted by Crippen LogP contribution is 2.30. The summed E-state index contributed by atoms with van der Waals surface area (Å²) < 4.78 is 0. The number of anilines is 3. The maximum Gasteiger partial charge on any atom is 0.224 e. The highest BCUT2D eigenvalue weighted by Gasteiger charge is 2.22. The Morgan fingerprint density at radius 2 is 1.72 bits per heavy atom. The van der Waals surface area contributed by atoms with Gasteiger partial charge >= 0.3 is 0 Å². The Balaban J connectivity index is 1.55. The quantitative estimate of drug-likeness (QED) is 0.420. The SMILES string of the molecule is CCCCNc1ncc(-c2cc(NC3CCCCC3)ncn2)c(N[C@H]2CC[C@H](O)CC2)n1. The Hall–Kier alpha value is -2.48.